The molecule has 1 amide bonds. The van der Waals surface area contributed by atoms with Crippen molar-refractivity contribution in [2.45, 2.75) is 43.6 Å². The Morgan fingerprint density at radius 1 is 1.20 bits per heavy atom. The topological polar surface area (TPSA) is 140 Å². The van der Waals surface area contributed by atoms with Crippen LogP contribution in [-0.4, -0.2) is 82.8 Å². The van der Waals surface area contributed by atoms with Crippen LogP contribution in [0, 0.1) is 11.3 Å². The summed E-state index contributed by atoms with van der Waals surface area (Å²) in [5, 5.41) is 24.5. The second-order valence-electron chi connectivity index (χ2n) is 10.5. The molecule has 1 saturated carbocycles. The molecule has 1 aliphatic heterocycles. The number of nitriles is 1. The van der Waals surface area contributed by atoms with Gasteiger partial charge in [-0.1, -0.05) is 0 Å². The second kappa shape index (κ2) is 10.2. The minimum Gasteiger partial charge on any atom is -0.392 e. The molecule has 0 spiro atoms. The van der Waals surface area contributed by atoms with E-state index in [1.165, 1.54) is 17.3 Å². The molecule has 0 atom stereocenters. The third-order valence-electron chi connectivity index (χ3n) is 8.03. The van der Waals surface area contributed by atoms with E-state index in [9.17, 15) is 28.3 Å². The van der Waals surface area contributed by atoms with Crippen LogP contribution in [0.25, 0.3) is 22.3 Å². The van der Waals surface area contributed by atoms with Crippen LogP contribution in [0.5, 0.6) is 0 Å². The molecule has 41 heavy (non-hydrogen) atoms. The van der Waals surface area contributed by atoms with Gasteiger partial charge in [-0.05, 0) is 36.6 Å². The fourth-order valence-electron chi connectivity index (χ4n) is 5.83. The molecule has 0 radical (unpaired) electrons. The lowest BCUT2D eigenvalue weighted by Gasteiger charge is -2.52. The maximum atomic E-state index is 13.2. The SMILES string of the molecule is N#CC[C@]1(n2cc(-c3ncnc4[nH]ccc34)cn2)C[C@@H](N2CCN(C(=O)c3cc(CO)cc(C(F)(F)F)n3)CC2)C1. The molecule has 1 aliphatic carbocycles. The fourth-order valence-corrected chi connectivity index (χ4v) is 5.83. The molecular formula is C27H26F3N9O2. The van der Waals surface area contributed by atoms with Gasteiger partial charge in [0.15, 0.2) is 0 Å². The lowest BCUT2D eigenvalue weighted by atomic mass is 9.70. The quantitative estimate of drug-likeness (QED) is 0.364. The lowest BCUT2D eigenvalue weighted by molar-refractivity contribution is -0.141. The standard InChI is InChI=1S/C27H26F3N9O2/c28-27(29,30)22-10-17(15-40)9-21(36-22)25(41)38-7-5-37(6-8-38)19-11-26(12-19,2-3-31)39-14-18(13-35-39)23-20-1-4-32-24(20)34-16-33-23/h1,4,9-10,13-14,16,19,40H,2,5-8,11-12,15H2,(H,32,33,34)/t19-,26+. The zero-order chi connectivity index (χ0) is 28.8. The predicted octanol–water partition coefficient (Wildman–Crippen LogP) is 2.96. The number of piperazine rings is 1. The molecule has 0 unspecified atom stereocenters. The van der Waals surface area contributed by atoms with Gasteiger partial charge < -0.3 is 15.0 Å². The number of hydrogen-bond donors (Lipinski definition) is 2. The van der Waals surface area contributed by atoms with Crippen LogP contribution in [0.15, 0.2) is 43.1 Å². The fraction of sp³-hybridized carbons (Fsp3) is 0.407. The molecule has 5 heterocycles. The number of aromatic nitrogens is 6. The van der Waals surface area contributed by atoms with Crippen LogP contribution in [0.2, 0.25) is 0 Å². The maximum Gasteiger partial charge on any atom is 0.433 e. The summed E-state index contributed by atoms with van der Waals surface area (Å²) in [4.78, 5) is 32.0. The van der Waals surface area contributed by atoms with Crippen LogP contribution < -0.4 is 0 Å². The molecule has 2 N–H and O–H groups in total. The average molecular weight is 566 g/mol. The number of aliphatic hydroxyl groups is 1. The van der Waals surface area contributed by atoms with Crippen molar-refractivity contribution in [3.63, 3.8) is 0 Å². The molecule has 4 aromatic rings. The Kier molecular flexibility index (Phi) is 6.71. The second-order valence-corrected chi connectivity index (χ2v) is 10.5. The normalized spacial score (nSPS) is 21.5. The Hall–Kier alpha value is -4.35. The minimum atomic E-state index is -4.72. The Morgan fingerprint density at radius 2 is 1.98 bits per heavy atom. The molecule has 0 aromatic carbocycles. The van der Waals surface area contributed by atoms with Gasteiger partial charge in [0.05, 0.1) is 36.5 Å². The molecule has 11 nitrogen and oxygen atoms in total. The van der Waals surface area contributed by atoms with E-state index in [2.05, 4.69) is 36.0 Å². The first kappa shape index (κ1) is 26.9. The summed E-state index contributed by atoms with van der Waals surface area (Å²) >= 11 is 0. The predicted molar refractivity (Wildman–Crippen MR) is 139 cm³/mol. The number of alkyl halides is 3. The van der Waals surface area contributed by atoms with Gasteiger partial charge in [-0.15, -0.1) is 0 Å². The Bertz CT molecular complexity index is 1630. The first-order valence-corrected chi connectivity index (χ1v) is 13.1. The van der Waals surface area contributed by atoms with Crippen molar-refractivity contribution >= 4 is 16.9 Å². The lowest BCUT2D eigenvalue weighted by Crippen LogP contribution is -2.60. The zero-order valence-electron chi connectivity index (χ0n) is 21.8. The van der Waals surface area contributed by atoms with E-state index in [-0.39, 0.29) is 17.3 Å². The first-order chi connectivity index (χ1) is 19.7. The number of amides is 1. The molecular weight excluding hydrogens is 539 g/mol. The van der Waals surface area contributed by atoms with Gasteiger partial charge in [0.1, 0.15) is 23.4 Å². The Labute approximate surface area is 232 Å². The van der Waals surface area contributed by atoms with E-state index in [0.29, 0.717) is 45.4 Å². The third-order valence-corrected chi connectivity index (χ3v) is 8.03. The highest BCUT2D eigenvalue weighted by atomic mass is 19.4. The highest BCUT2D eigenvalue weighted by molar-refractivity contribution is 5.92. The van der Waals surface area contributed by atoms with Crippen LogP contribution in [0.3, 0.4) is 0 Å². The van der Waals surface area contributed by atoms with Gasteiger partial charge in [0.25, 0.3) is 5.91 Å². The molecule has 0 bridgehead atoms. The zero-order valence-corrected chi connectivity index (χ0v) is 21.8. The summed E-state index contributed by atoms with van der Waals surface area (Å²) in [5.74, 6) is -0.594. The van der Waals surface area contributed by atoms with Crippen LogP contribution >= 0.6 is 0 Å². The average Bonchev–Trinajstić information content (AvgIpc) is 3.64. The molecule has 2 fully saturated rings. The smallest absolute Gasteiger partial charge is 0.392 e. The number of nitrogens with zero attached hydrogens (tertiary/aromatic N) is 8. The summed E-state index contributed by atoms with van der Waals surface area (Å²) in [6, 6.07) is 6.34. The number of nitrogens with one attached hydrogen (secondary N) is 1. The van der Waals surface area contributed by atoms with E-state index in [4.69, 9.17) is 0 Å². The number of pyridine rings is 1. The van der Waals surface area contributed by atoms with E-state index in [1.54, 1.807) is 12.4 Å². The number of carbonyl (C=O) groups is 1. The number of hydrogen-bond acceptors (Lipinski definition) is 8. The molecule has 6 rings (SSSR count). The van der Waals surface area contributed by atoms with Crippen molar-refractivity contribution < 1.29 is 23.1 Å². The molecule has 14 heteroatoms. The van der Waals surface area contributed by atoms with Gasteiger partial charge in [-0.25, -0.2) is 15.0 Å². The number of aliphatic hydroxyl groups excluding tert-OH is 1. The molecule has 4 aromatic heterocycles. The van der Waals surface area contributed by atoms with Crippen molar-refractivity contribution in [1.29, 1.82) is 5.26 Å². The Balaban J connectivity index is 1.12. The molecule has 1 saturated heterocycles. The largest absolute Gasteiger partial charge is 0.433 e. The van der Waals surface area contributed by atoms with E-state index >= 15 is 0 Å². The van der Waals surface area contributed by atoms with Gasteiger partial charge in [0, 0.05) is 55.6 Å². The monoisotopic (exact) mass is 565 g/mol. The van der Waals surface area contributed by atoms with Gasteiger partial charge in [-0.2, -0.15) is 23.5 Å². The van der Waals surface area contributed by atoms with E-state index in [1.807, 2.05) is 16.9 Å². The van der Waals surface area contributed by atoms with Crippen molar-refractivity contribution in [2.75, 3.05) is 26.2 Å². The van der Waals surface area contributed by atoms with Gasteiger partial charge in [-0.3, -0.25) is 14.4 Å². The molecule has 212 valence electrons. The van der Waals surface area contributed by atoms with Crippen molar-refractivity contribution in [3.05, 3.63) is 60.1 Å². The summed E-state index contributed by atoms with van der Waals surface area (Å²) in [6.07, 6.45) is 3.93. The maximum absolute atomic E-state index is 13.2. The molecule has 2 aliphatic rings. The summed E-state index contributed by atoms with van der Waals surface area (Å²) in [7, 11) is 0. The van der Waals surface area contributed by atoms with Gasteiger partial charge >= 0.3 is 6.18 Å². The highest BCUT2D eigenvalue weighted by Crippen LogP contribution is 2.45. The van der Waals surface area contributed by atoms with Crippen LogP contribution in [0.1, 0.15) is 41.0 Å². The third kappa shape index (κ3) is 4.91. The number of aromatic amines is 1. The van der Waals surface area contributed by atoms with Crippen molar-refractivity contribution in [1.82, 2.24) is 39.5 Å². The first-order valence-electron chi connectivity index (χ1n) is 13.1. The van der Waals surface area contributed by atoms with Crippen molar-refractivity contribution in [3.8, 4) is 17.3 Å². The summed E-state index contributed by atoms with van der Waals surface area (Å²) < 4.78 is 41.6. The van der Waals surface area contributed by atoms with Crippen LogP contribution in [-0.2, 0) is 18.3 Å². The number of rotatable bonds is 6. The minimum absolute atomic E-state index is 0.0170. The Morgan fingerprint density at radius 3 is 2.68 bits per heavy atom. The summed E-state index contributed by atoms with van der Waals surface area (Å²) in [5.41, 5.74) is 0.310. The number of fused-ring (bicyclic) bond motifs is 1. The van der Waals surface area contributed by atoms with E-state index in [0.717, 1.165) is 28.4 Å². The number of carbonyl (C=O) groups excluding carboxylic acids is 1. The number of halogens is 3. The summed E-state index contributed by atoms with van der Waals surface area (Å²) in [6.45, 7) is 1.13. The van der Waals surface area contributed by atoms with E-state index < -0.39 is 29.9 Å². The number of H-pyrrole nitrogens is 1. The van der Waals surface area contributed by atoms with Crippen molar-refractivity contribution in [2.24, 2.45) is 0 Å². The highest BCUT2D eigenvalue weighted by Gasteiger charge is 2.49. The van der Waals surface area contributed by atoms with Crippen LogP contribution in [0.4, 0.5) is 13.2 Å². The van der Waals surface area contributed by atoms with Gasteiger partial charge in [0.2, 0.25) is 0 Å².